The Morgan fingerprint density at radius 1 is 1.29 bits per heavy atom. The summed E-state index contributed by atoms with van der Waals surface area (Å²) in [6, 6.07) is 4.10. The first kappa shape index (κ1) is 14.0. The first-order valence-corrected chi connectivity index (χ1v) is 6.47. The van der Waals surface area contributed by atoms with Gasteiger partial charge in [-0.2, -0.15) is 0 Å². The summed E-state index contributed by atoms with van der Waals surface area (Å²) in [6.07, 6.45) is 4.15. The number of hydrogen-bond acceptors (Lipinski definition) is 2. The van der Waals surface area contributed by atoms with Gasteiger partial charge < -0.3 is 9.73 Å². The minimum absolute atomic E-state index is 0.159. The fourth-order valence-electron chi connectivity index (χ4n) is 1.52. The zero-order chi connectivity index (χ0) is 12.9. The number of furan rings is 1. The van der Waals surface area contributed by atoms with E-state index in [9.17, 15) is 0 Å². The maximum atomic E-state index is 5.69. The minimum Gasteiger partial charge on any atom is -0.462 e. The van der Waals surface area contributed by atoms with Crippen molar-refractivity contribution in [1.29, 1.82) is 0 Å². The molecule has 1 aromatic heterocycles. The Balaban J connectivity index is 2.66. The highest BCUT2D eigenvalue weighted by Gasteiger charge is 2.09. The van der Waals surface area contributed by atoms with Crippen molar-refractivity contribution in [3.05, 3.63) is 29.2 Å². The molecule has 2 heteroatoms. The molecule has 1 aromatic rings. The summed E-state index contributed by atoms with van der Waals surface area (Å²) < 4.78 is 5.69. The van der Waals surface area contributed by atoms with Gasteiger partial charge in [-0.3, -0.25) is 0 Å². The van der Waals surface area contributed by atoms with Crippen LogP contribution in [0.25, 0.3) is 6.08 Å². The van der Waals surface area contributed by atoms with E-state index < -0.39 is 0 Å². The van der Waals surface area contributed by atoms with Crippen LogP contribution in [0, 0.1) is 0 Å². The molecule has 17 heavy (non-hydrogen) atoms. The molecular weight excluding hydrogens is 210 g/mol. The molecule has 0 spiro atoms. The molecule has 0 amide bonds. The van der Waals surface area contributed by atoms with Crippen molar-refractivity contribution in [2.24, 2.45) is 0 Å². The smallest absolute Gasteiger partial charge is 0.127 e. The van der Waals surface area contributed by atoms with Crippen molar-refractivity contribution in [3.8, 4) is 0 Å². The molecule has 0 aliphatic heterocycles. The van der Waals surface area contributed by atoms with E-state index in [1.807, 2.05) is 6.07 Å². The van der Waals surface area contributed by atoms with Crippen LogP contribution in [-0.2, 0) is 6.42 Å². The van der Waals surface area contributed by atoms with Crippen LogP contribution in [-0.4, -0.2) is 12.1 Å². The molecule has 0 aromatic carbocycles. The van der Waals surface area contributed by atoms with E-state index in [0.29, 0.717) is 0 Å². The molecule has 0 radical (unpaired) electrons. The second kappa shape index (κ2) is 6.06. The van der Waals surface area contributed by atoms with Crippen LogP contribution < -0.4 is 5.32 Å². The molecule has 0 bridgehead atoms. The highest BCUT2D eigenvalue weighted by atomic mass is 16.3. The van der Waals surface area contributed by atoms with Gasteiger partial charge in [-0.05, 0) is 45.4 Å². The Morgan fingerprint density at radius 3 is 2.47 bits per heavy atom. The summed E-state index contributed by atoms with van der Waals surface area (Å²) in [5.41, 5.74) is 1.53. The summed E-state index contributed by atoms with van der Waals surface area (Å²) in [5.74, 6) is 2.02. The van der Waals surface area contributed by atoms with Crippen LogP contribution in [0.5, 0.6) is 0 Å². The van der Waals surface area contributed by atoms with Crippen molar-refractivity contribution < 1.29 is 4.42 Å². The molecule has 2 nitrogen and oxygen atoms in total. The van der Waals surface area contributed by atoms with E-state index >= 15 is 0 Å². The first-order chi connectivity index (χ1) is 7.94. The Kier molecular flexibility index (Phi) is 5.01. The summed E-state index contributed by atoms with van der Waals surface area (Å²) in [5, 5.41) is 3.50. The molecule has 1 rings (SSSR count). The van der Waals surface area contributed by atoms with Gasteiger partial charge in [-0.15, -0.1) is 0 Å². The van der Waals surface area contributed by atoms with E-state index in [4.69, 9.17) is 4.42 Å². The molecule has 0 saturated carbocycles. The van der Waals surface area contributed by atoms with E-state index in [1.54, 1.807) is 0 Å². The zero-order valence-electron chi connectivity index (χ0n) is 11.8. The standard InChI is InChI=1S/C15H25NO/c1-6-12(11-16-15(3,4)5)10-14-9-8-13(7-2)17-14/h8-10,16H,6-7,11H2,1-5H3. The fourth-order valence-corrected chi connectivity index (χ4v) is 1.52. The van der Waals surface area contributed by atoms with Crippen LogP contribution >= 0.6 is 0 Å². The minimum atomic E-state index is 0.159. The van der Waals surface area contributed by atoms with E-state index in [0.717, 1.165) is 30.9 Å². The van der Waals surface area contributed by atoms with Gasteiger partial charge in [0.1, 0.15) is 11.5 Å². The maximum absolute atomic E-state index is 5.69. The number of hydrogen-bond donors (Lipinski definition) is 1. The van der Waals surface area contributed by atoms with E-state index in [-0.39, 0.29) is 5.54 Å². The monoisotopic (exact) mass is 235 g/mol. The second-order valence-electron chi connectivity index (χ2n) is 5.42. The second-order valence-corrected chi connectivity index (χ2v) is 5.42. The van der Waals surface area contributed by atoms with Gasteiger partial charge in [0.25, 0.3) is 0 Å². The van der Waals surface area contributed by atoms with Crippen LogP contribution in [0.3, 0.4) is 0 Å². The molecule has 0 atom stereocenters. The van der Waals surface area contributed by atoms with Gasteiger partial charge in [0, 0.05) is 18.5 Å². The SMILES string of the molecule is CCC(=Cc1ccc(CC)o1)CNC(C)(C)C. The van der Waals surface area contributed by atoms with Crippen LogP contribution in [0.15, 0.2) is 22.1 Å². The third kappa shape index (κ3) is 5.22. The Morgan fingerprint density at radius 2 is 2.00 bits per heavy atom. The lowest BCUT2D eigenvalue weighted by molar-refractivity contribution is 0.442. The third-order valence-corrected chi connectivity index (χ3v) is 2.68. The zero-order valence-corrected chi connectivity index (χ0v) is 11.8. The van der Waals surface area contributed by atoms with Gasteiger partial charge in [0.05, 0.1) is 0 Å². The predicted molar refractivity (Wildman–Crippen MR) is 74.1 cm³/mol. The van der Waals surface area contributed by atoms with Gasteiger partial charge in [0.15, 0.2) is 0 Å². The average molecular weight is 235 g/mol. The predicted octanol–water partition coefficient (Wildman–Crippen LogP) is 4.02. The van der Waals surface area contributed by atoms with Crippen LogP contribution in [0.4, 0.5) is 0 Å². The average Bonchev–Trinajstić information content (AvgIpc) is 2.70. The van der Waals surface area contributed by atoms with Crippen molar-refractivity contribution in [2.75, 3.05) is 6.54 Å². The fraction of sp³-hybridized carbons (Fsp3) is 0.600. The highest BCUT2D eigenvalue weighted by Crippen LogP contribution is 2.14. The largest absolute Gasteiger partial charge is 0.462 e. The number of rotatable bonds is 5. The molecule has 1 heterocycles. The topological polar surface area (TPSA) is 25.2 Å². The van der Waals surface area contributed by atoms with Crippen molar-refractivity contribution in [2.45, 2.75) is 53.0 Å². The summed E-state index contributed by atoms with van der Waals surface area (Å²) in [7, 11) is 0. The Bertz CT molecular complexity index is 369. The van der Waals surface area contributed by atoms with Crippen molar-refractivity contribution in [3.63, 3.8) is 0 Å². The number of nitrogens with one attached hydrogen (secondary N) is 1. The van der Waals surface area contributed by atoms with Crippen molar-refractivity contribution in [1.82, 2.24) is 5.32 Å². The van der Waals surface area contributed by atoms with Crippen LogP contribution in [0.2, 0.25) is 0 Å². The molecule has 0 aliphatic rings. The number of aryl methyl sites for hydroxylation is 1. The molecule has 0 aliphatic carbocycles. The van der Waals surface area contributed by atoms with E-state index in [1.165, 1.54) is 5.57 Å². The first-order valence-electron chi connectivity index (χ1n) is 6.47. The third-order valence-electron chi connectivity index (χ3n) is 2.68. The van der Waals surface area contributed by atoms with Crippen molar-refractivity contribution >= 4 is 6.08 Å². The summed E-state index contributed by atoms with van der Waals surface area (Å²) in [4.78, 5) is 0. The summed E-state index contributed by atoms with van der Waals surface area (Å²) >= 11 is 0. The molecular formula is C15H25NO. The highest BCUT2D eigenvalue weighted by molar-refractivity contribution is 5.48. The molecule has 1 N–H and O–H groups in total. The quantitative estimate of drug-likeness (QED) is 0.833. The normalized spacial score (nSPS) is 13.1. The lowest BCUT2D eigenvalue weighted by atomic mass is 10.1. The van der Waals surface area contributed by atoms with Gasteiger partial charge in [0.2, 0.25) is 0 Å². The summed E-state index contributed by atoms with van der Waals surface area (Å²) in [6.45, 7) is 11.8. The Hall–Kier alpha value is -1.02. The van der Waals surface area contributed by atoms with Crippen LogP contribution in [0.1, 0.15) is 52.6 Å². The van der Waals surface area contributed by atoms with Gasteiger partial charge >= 0.3 is 0 Å². The van der Waals surface area contributed by atoms with Gasteiger partial charge in [-0.1, -0.05) is 19.4 Å². The molecule has 0 saturated heterocycles. The lowest BCUT2D eigenvalue weighted by Crippen LogP contribution is -2.36. The lowest BCUT2D eigenvalue weighted by Gasteiger charge is -2.21. The van der Waals surface area contributed by atoms with E-state index in [2.05, 4.69) is 52.1 Å². The Labute approximate surface area is 105 Å². The molecule has 96 valence electrons. The molecule has 0 fully saturated rings. The van der Waals surface area contributed by atoms with Gasteiger partial charge in [-0.25, -0.2) is 0 Å². The maximum Gasteiger partial charge on any atom is 0.127 e. The molecule has 0 unspecified atom stereocenters.